The normalized spacial score (nSPS) is 11.2. The zero-order valence-electron chi connectivity index (χ0n) is 9.97. The van der Waals surface area contributed by atoms with Crippen LogP contribution in [0.3, 0.4) is 0 Å². The summed E-state index contributed by atoms with van der Waals surface area (Å²) in [6, 6.07) is 6.49. The Balaban J connectivity index is 2.61. The maximum atomic E-state index is 3.54. The van der Waals surface area contributed by atoms with Crippen LogP contribution >= 0.6 is 15.9 Å². The molecular formula is C13H17BrN2. The zero-order valence-corrected chi connectivity index (χ0v) is 11.6. The molecule has 0 saturated carbocycles. The fourth-order valence-electron chi connectivity index (χ4n) is 2.19. The van der Waals surface area contributed by atoms with E-state index in [-0.39, 0.29) is 0 Å². The third-order valence-corrected chi connectivity index (χ3v) is 3.70. The Labute approximate surface area is 105 Å². The van der Waals surface area contributed by atoms with Gasteiger partial charge in [0.05, 0.1) is 0 Å². The average Bonchev–Trinajstić information content (AvgIpc) is 2.50. The second-order valence-corrected chi connectivity index (χ2v) is 5.05. The Morgan fingerprint density at radius 2 is 2.12 bits per heavy atom. The van der Waals surface area contributed by atoms with E-state index < -0.39 is 0 Å². The second-order valence-electron chi connectivity index (χ2n) is 4.14. The molecule has 86 valence electrons. The minimum Gasteiger partial charge on any atom is -0.348 e. The molecule has 1 aromatic heterocycles. The number of hydrogen-bond acceptors (Lipinski definition) is 1. The molecule has 0 unspecified atom stereocenters. The van der Waals surface area contributed by atoms with Gasteiger partial charge in [-0.1, -0.05) is 15.9 Å². The third kappa shape index (κ3) is 1.89. The van der Waals surface area contributed by atoms with Crippen molar-refractivity contribution >= 4 is 26.8 Å². The van der Waals surface area contributed by atoms with E-state index in [4.69, 9.17) is 0 Å². The van der Waals surface area contributed by atoms with Gasteiger partial charge in [0.2, 0.25) is 0 Å². The van der Waals surface area contributed by atoms with Crippen LogP contribution in [-0.4, -0.2) is 18.2 Å². The minimum absolute atomic E-state index is 1.02. The number of nitrogens with one attached hydrogen (secondary N) is 1. The zero-order chi connectivity index (χ0) is 11.7. The Hall–Kier alpha value is -0.800. The van der Waals surface area contributed by atoms with Crippen LogP contribution in [0.4, 0.5) is 0 Å². The highest BCUT2D eigenvalue weighted by molar-refractivity contribution is 9.10. The van der Waals surface area contributed by atoms with Crippen LogP contribution in [0.1, 0.15) is 11.3 Å². The van der Waals surface area contributed by atoms with Crippen molar-refractivity contribution < 1.29 is 0 Å². The van der Waals surface area contributed by atoms with Crippen molar-refractivity contribution in [3.8, 4) is 0 Å². The lowest BCUT2D eigenvalue weighted by Gasteiger charge is -2.01. The number of rotatable bonds is 3. The van der Waals surface area contributed by atoms with Gasteiger partial charge >= 0.3 is 0 Å². The molecule has 0 aliphatic rings. The first kappa shape index (κ1) is 11.7. The van der Waals surface area contributed by atoms with Crippen LogP contribution in [0.25, 0.3) is 10.9 Å². The molecule has 0 radical (unpaired) electrons. The number of likely N-dealkylation sites (N-methyl/N-ethyl adjacent to an activating group) is 1. The fraction of sp³-hybridized carbons (Fsp3) is 0.385. The molecular weight excluding hydrogens is 264 g/mol. The first-order valence-electron chi connectivity index (χ1n) is 5.53. The smallest absolute Gasteiger partial charge is 0.0483 e. The van der Waals surface area contributed by atoms with Gasteiger partial charge < -0.3 is 9.88 Å². The van der Waals surface area contributed by atoms with Gasteiger partial charge in [-0.25, -0.2) is 0 Å². The average molecular weight is 281 g/mol. The number of nitrogens with zero attached hydrogens (tertiary/aromatic N) is 1. The fourth-order valence-corrected chi connectivity index (χ4v) is 2.55. The van der Waals surface area contributed by atoms with Gasteiger partial charge in [-0.2, -0.15) is 0 Å². The highest BCUT2D eigenvalue weighted by atomic mass is 79.9. The summed E-state index contributed by atoms with van der Waals surface area (Å²) < 4.78 is 3.42. The molecule has 2 rings (SSSR count). The molecule has 0 saturated heterocycles. The van der Waals surface area contributed by atoms with Gasteiger partial charge in [-0.3, -0.25) is 0 Å². The molecule has 2 aromatic rings. The molecule has 1 aromatic carbocycles. The van der Waals surface area contributed by atoms with Gasteiger partial charge in [0.25, 0.3) is 0 Å². The summed E-state index contributed by atoms with van der Waals surface area (Å²) >= 11 is 3.54. The minimum atomic E-state index is 1.02. The summed E-state index contributed by atoms with van der Waals surface area (Å²) in [4.78, 5) is 0. The predicted molar refractivity (Wildman–Crippen MR) is 73.0 cm³/mol. The molecule has 1 heterocycles. The van der Waals surface area contributed by atoms with Crippen LogP contribution in [-0.2, 0) is 13.5 Å². The quantitative estimate of drug-likeness (QED) is 0.915. The standard InChI is InChI=1S/C13H17BrN2/c1-9-11(6-7-15-2)12-8-10(14)4-5-13(12)16(9)3/h4-5,8,15H,6-7H2,1-3H3. The molecule has 0 bridgehead atoms. The van der Waals surface area contributed by atoms with Crippen molar-refractivity contribution in [2.45, 2.75) is 13.3 Å². The topological polar surface area (TPSA) is 17.0 Å². The van der Waals surface area contributed by atoms with Crippen molar-refractivity contribution in [1.82, 2.24) is 9.88 Å². The third-order valence-electron chi connectivity index (χ3n) is 3.21. The van der Waals surface area contributed by atoms with E-state index in [9.17, 15) is 0 Å². The maximum Gasteiger partial charge on any atom is 0.0483 e. The maximum absolute atomic E-state index is 3.54. The van der Waals surface area contributed by atoms with Crippen molar-refractivity contribution in [2.75, 3.05) is 13.6 Å². The monoisotopic (exact) mass is 280 g/mol. The molecule has 1 N–H and O–H groups in total. The molecule has 0 aliphatic heterocycles. The molecule has 0 fully saturated rings. The Morgan fingerprint density at radius 1 is 1.38 bits per heavy atom. The number of benzene rings is 1. The number of aryl methyl sites for hydroxylation is 1. The molecule has 0 spiro atoms. The Bertz CT molecular complexity index is 514. The number of fused-ring (bicyclic) bond motifs is 1. The van der Waals surface area contributed by atoms with Gasteiger partial charge in [-0.15, -0.1) is 0 Å². The van der Waals surface area contributed by atoms with Crippen LogP contribution in [0.2, 0.25) is 0 Å². The highest BCUT2D eigenvalue weighted by Crippen LogP contribution is 2.27. The molecule has 2 nitrogen and oxygen atoms in total. The van der Waals surface area contributed by atoms with Crippen LogP contribution in [0.5, 0.6) is 0 Å². The van der Waals surface area contributed by atoms with Gasteiger partial charge in [0, 0.05) is 28.1 Å². The summed E-state index contributed by atoms with van der Waals surface area (Å²) in [6.45, 7) is 3.21. The van der Waals surface area contributed by atoms with Gasteiger partial charge in [0.15, 0.2) is 0 Å². The van der Waals surface area contributed by atoms with E-state index in [0.29, 0.717) is 0 Å². The Kier molecular flexibility index (Phi) is 3.36. The summed E-state index contributed by atoms with van der Waals surface area (Å²) in [6.07, 6.45) is 1.08. The molecule has 16 heavy (non-hydrogen) atoms. The van der Waals surface area contributed by atoms with E-state index in [1.54, 1.807) is 0 Å². The van der Waals surface area contributed by atoms with Crippen molar-refractivity contribution in [2.24, 2.45) is 7.05 Å². The first-order chi connectivity index (χ1) is 7.65. The van der Waals surface area contributed by atoms with Crippen LogP contribution < -0.4 is 5.32 Å². The van der Waals surface area contributed by atoms with E-state index in [0.717, 1.165) is 17.4 Å². The molecule has 0 amide bonds. The van der Waals surface area contributed by atoms with Gasteiger partial charge in [-0.05, 0) is 50.7 Å². The second kappa shape index (κ2) is 4.60. The summed E-state index contributed by atoms with van der Waals surface area (Å²) in [5.74, 6) is 0. The number of halogens is 1. The highest BCUT2D eigenvalue weighted by Gasteiger charge is 2.11. The van der Waals surface area contributed by atoms with E-state index in [1.807, 2.05) is 7.05 Å². The summed E-state index contributed by atoms with van der Waals surface area (Å²) in [5.41, 5.74) is 4.13. The molecule has 3 heteroatoms. The molecule has 0 aliphatic carbocycles. The number of hydrogen-bond donors (Lipinski definition) is 1. The lowest BCUT2D eigenvalue weighted by atomic mass is 10.1. The van der Waals surface area contributed by atoms with E-state index in [2.05, 4.69) is 58.0 Å². The summed E-state index contributed by atoms with van der Waals surface area (Å²) in [7, 11) is 4.13. The lowest BCUT2D eigenvalue weighted by molar-refractivity contribution is 0.783. The summed E-state index contributed by atoms with van der Waals surface area (Å²) in [5, 5.41) is 4.58. The molecule has 0 atom stereocenters. The Morgan fingerprint density at radius 3 is 2.81 bits per heavy atom. The van der Waals surface area contributed by atoms with Crippen LogP contribution in [0, 0.1) is 6.92 Å². The number of aromatic nitrogens is 1. The van der Waals surface area contributed by atoms with Crippen molar-refractivity contribution in [3.05, 3.63) is 33.9 Å². The largest absolute Gasteiger partial charge is 0.348 e. The first-order valence-corrected chi connectivity index (χ1v) is 6.32. The van der Waals surface area contributed by atoms with Crippen molar-refractivity contribution in [3.63, 3.8) is 0 Å². The van der Waals surface area contributed by atoms with Crippen molar-refractivity contribution in [1.29, 1.82) is 0 Å². The van der Waals surface area contributed by atoms with E-state index >= 15 is 0 Å². The van der Waals surface area contributed by atoms with E-state index in [1.165, 1.54) is 22.2 Å². The van der Waals surface area contributed by atoms with Crippen LogP contribution in [0.15, 0.2) is 22.7 Å². The van der Waals surface area contributed by atoms with Gasteiger partial charge in [0.1, 0.15) is 0 Å². The SMILES string of the molecule is CNCCc1c(C)n(C)c2ccc(Br)cc12. The lowest BCUT2D eigenvalue weighted by Crippen LogP contribution is -2.10. The predicted octanol–water partition coefficient (Wildman–Crippen LogP) is 3.01.